The topological polar surface area (TPSA) is 88.5 Å². The molecule has 8 heteroatoms. The van der Waals surface area contributed by atoms with Crippen LogP contribution in [-0.4, -0.2) is 24.7 Å². The second kappa shape index (κ2) is 6.59. The van der Waals surface area contributed by atoms with Crippen LogP contribution in [-0.2, 0) is 13.1 Å². The zero-order valence-corrected chi connectivity index (χ0v) is 16.0. The fourth-order valence-corrected chi connectivity index (χ4v) is 3.72. The number of hydrogen-bond donors (Lipinski definition) is 2. The molecule has 29 heavy (non-hydrogen) atoms. The summed E-state index contributed by atoms with van der Waals surface area (Å²) in [4.78, 5) is 24.9. The molecule has 2 N–H and O–H groups in total. The molecule has 0 aliphatic carbocycles. The molecular formula is C21H19FN6O. The summed E-state index contributed by atoms with van der Waals surface area (Å²) in [5, 5.41) is 8.67. The number of pyridine rings is 2. The smallest absolute Gasteiger partial charge is 0.198 e. The lowest BCUT2D eigenvalue weighted by Gasteiger charge is -2.23. The average molecular weight is 390 g/mol. The lowest BCUT2D eigenvalue weighted by molar-refractivity contribution is 0.365. The predicted molar refractivity (Wildman–Crippen MR) is 107 cm³/mol. The number of aromatic nitrogens is 5. The molecule has 4 aromatic rings. The summed E-state index contributed by atoms with van der Waals surface area (Å²) in [6.07, 6.45) is 1.25. The fraction of sp³-hybridized carbons (Fsp3) is 0.238. The van der Waals surface area contributed by atoms with Crippen LogP contribution < -0.4 is 10.7 Å². The number of fused-ring (bicyclic) bond motifs is 2. The molecule has 1 aromatic carbocycles. The van der Waals surface area contributed by atoms with Gasteiger partial charge in [0.25, 0.3) is 0 Å². The van der Waals surface area contributed by atoms with Crippen LogP contribution >= 0.6 is 0 Å². The zero-order valence-electron chi connectivity index (χ0n) is 16.0. The highest BCUT2D eigenvalue weighted by molar-refractivity contribution is 5.82. The van der Waals surface area contributed by atoms with E-state index in [1.165, 1.54) is 6.20 Å². The number of nitrogens with zero attached hydrogens (tertiary/aromatic N) is 4. The fourth-order valence-electron chi connectivity index (χ4n) is 3.72. The standard InChI is InChI=1S/C21H19FN6O/c1-11-7-16(23-8-14(11)22)17-10-28-18(9-24-17)26-21(27-28)19-12(2)20(29)13-5-3-4-6-15(13)25-19/h3-8,17,24H,9-10H2,1-2H3,(H,25,29). The third-order valence-corrected chi connectivity index (χ3v) is 5.41. The number of aromatic amines is 1. The van der Waals surface area contributed by atoms with Gasteiger partial charge in [0.15, 0.2) is 11.3 Å². The van der Waals surface area contributed by atoms with Gasteiger partial charge in [0.1, 0.15) is 11.6 Å². The van der Waals surface area contributed by atoms with Crippen LogP contribution in [0.1, 0.15) is 28.7 Å². The quantitative estimate of drug-likeness (QED) is 0.549. The Hall–Kier alpha value is -3.39. The number of hydrogen-bond acceptors (Lipinski definition) is 5. The largest absolute Gasteiger partial charge is 0.351 e. The van der Waals surface area contributed by atoms with Crippen LogP contribution in [0.25, 0.3) is 22.4 Å². The van der Waals surface area contributed by atoms with Crippen molar-refractivity contribution in [2.75, 3.05) is 0 Å². The molecule has 0 fully saturated rings. The molecule has 0 saturated heterocycles. The Morgan fingerprint density at radius 3 is 2.90 bits per heavy atom. The molecule has 0 spiro atoms. The minimum Gasteiger partial charge on any atom is -0.351 e. The van der Waals surface area contributed by atoms with Crippen molar-refractivity contribution in [1.29, 1.82) is 0 Å². The van der Waals surface area contributed by atoms with Gasteiger partial charge in [-0.3, -0.25) is 9.78 Å². The molecule has 0 saturated carbocycles. The van der Waals surface area contributed by atoms with Crippen molar-refractivity contribution >= 4 is 10.9 Å². The summed E-state index contributed by atoms with van der Waals surface area (Å²) >= 11 is 0. The molecule has 0 bridgehead atoms. The molecule has 1 aliphatic heterocycles. The van der Waals surface area contributed by atoms with Crippen LogP contribution in [0.2, 0.25) is 0 Å². The Morgan fingerprint density at radius 1 is 1.24 bits per heavy atom. The normalized spacial score (nSPS) is 16.2. The minimum atomic E-state index is -0.316. The Balaban J connectivity index is 1.53. The van der Waals surface area contributed by atoms with Crippen molar-refractivity contribution < 1.29 is 4.39 Å². The Kier molecular flexibility index (Phi) is 4.02. The molecule has 7 nitrogen and oxygen atoms in total. The molecule has 0 amide bonds. The van der Waals surface area contributed by atoms with Crippen molar-refractivity contribution in [1.82, 2.24) is 30.0 Å². The van der Waals surface area contributed by atoms with E-state index >= 15 is 0 Å². The number of H-pyrrole nitrogens is 1. The van der Waals surface area contributed by atoms with E-state index in [-0.39, 0.29) is 17.3 Å². The van der Waals surface area contributed by atoms with E-state index in [4.69, 9.17) is 0 Å². The first-order valence-corrected chi connectivity index (χ1v) is 9.42. The summed E-state index contributed by atoms with van der Waals surface area (Å²) in [6, 6.07) is 9.07. The third kappa shape index (κ3) is 2.92. The van der Waals surface area contributed by atoms with Gasteiger partial charge in [-0.05, 0) is 37.6 Å². The first-order chi connectivity index (χ1) is 14.0. The number of nitrogens with one attached hydrogen (secondary N) is 2. The molecule has 5 rings (SSSR count). The highest BCUT2D eigenvalue weighted by Gasteiger charge is 2.25. The van der Waals surface area contributed by atoms with Gasteiger partial charge in [-0.25, -0.2) is 14.1 Å². The second-order valence-electron chi connectivity index (χ2n) is 7.33. The van der Waals surface area contributed by atoms with E-state index in [1.807, 2.05) is 28.9 Å². The van der Waals surface area contributed by atoms with Gasteiger partial charge in [-0.2, -0.15) is 0 Å². The van der Waals surface area contributed by atoms with E-state index in [0.717, 1.165) is 17.0 Å². The lowest BCUT2D eigenvalue weighted by atomic mass is 10.1. The van der Waals surface area contributed by atoms with Gasteiger partial charge in [-0.1, -0.05) is 12.1 Å². The number of para-hydroxylation sites is 1. The van der Waals surface area contributed by atoms with Crippen LogP contribution in [0.4, 0.5) is 4.39 Å². The predicted octanol–water partition coefficient (Wildman–Crippen LogP) is 2.78. The molecule has 3 aromatic heterocycles. The maximum atomic E-state index is 13.5. The van der Waals surface area contributed by atoms with Crippen LogP contribution in [0, 0.1) is 19.7 Å². The first kappa shape index (κ1) is 17.7. The summed E-state index contributed by atoms with van der Waals surface area (Å²) in [5.74, 6) is 0.957. The van der Waals surface area contributed by atoms with E-state index in [0.29, 0.717) is 41.1 Å². The molecular weight excluding hydrogens is 371 g/mol. The summed E-state index contributed by atoms with van der Waals surface area (Å²) in [6.45, 7) is 4.54. The average Bonchev–Trinajstić information content (AvgIpc) is 3.16. The van der Waals surface area contributed by atoms with E-state index < -0.39 is 0 Å². The van der Waals surface area contributed by atoms with Gasteiger partial charge in [0.05, 0.1) is 36.7 Å². The highest BCUT2D eigenvalue weighted by Crippen LogP contribution is 2.24. The number of aryl methyl sites for hydroxylation is 1. The van der Waals surface area contributed by atoms with Gasteiger partial charge in [0, 0.05) is 16.5 Å². The van der Waals surface area contributed by atoms with Gasteiger partial charge in [0.2, 0.25) is 0 Å². The number of halogens is 1. The third-order valence-electron chi connectivity index (χ3n) is 5.41. The van der Waals surface area contributed by atoms with Crippen LogP contribution in [0.15, 0.2) is 41.3 Å². The molecule has 4 heterocycles. The number of benzene rings is 1. The van der Waals surface area contributed by atoms with Crippen molar-refractivity contribution in [3.8, 4) is 11.5 Å². The van der Waals surface area contributed by atoms with E-state index in [2.05, 4.69) is 25.4 Å². The Morgan fingerprint density at radius 2 is 2.07 bits per heavy atom. The highest BCUT2D eigenvalue weighted by atomic mass is 19.1. The van der Waals surface area contributed by atoms with Crippen LogP contribution in [0.5, 0.6) is 0 Å². The SMILES string of the molecule is Cc1cc(C2Cn3nc(-c4[nH]c5ccccc5c(=O)c4C)nc3CN2)ncc1F. The van der Waals surface area contributed by atoms with Gasteiger partial charge < -0.3 is 10.3 Å². The molecule has 146 valence electrons. The maximum absolute atomic E-state index is 13.5. The summed E-state index contributed by atoms with van der Waals surface area (Å²) < 4.78 is 15.4. The Bertz CT molecular complexity index is 1310. The second-order valence-corrected chi connectivity index (χ2v) is 7.33. The summed E-state index contributed by atoms with van der Waals surface area (Å²) in [5.41, 5.74) is 3.28. The molecule has 1 atom stereocenters. The van der Waals surface area contributed by atoms with E-state index in [9.17, 15) is 9.18 Å². The van der Waals surface area contributed by atoms with Gasteiger partial charge >= 0.3 is 0 Å². The minimum absolute atomic E-state index is 0.0240. The van der Waals surface area contributed by atoms with Crippen molar-refractivity contribution in [2.24, 2.45) is 0 Å². The van der Waals surface area contributed by atoms with Crippen molar-refractivity contribution in [3.63, 3.8) is 0 Å². The van der Waals surface area contributed by atoms with Crippen molar-refractivity contribution in [3.05, 3.63) is 75.2 Å². The van der Waals surface area contributed by atoms with Crippen LogP contribution in [0.3, 0.4) is 0 Å². The lowest BCUT2D eigenvalue weighted by Crippen LogP contribution is -2.33. The molecule has 0 radical (unpaired) electrons. The van der Waals surface area contributed by atoms with Gasteiger partial charge in [-0.15, -0.1) is 5.10 Å². The Labute approximate surface area is 165 Å². The summed E-state index contributed by atoms with van der Waals surface area (Å²) in [7, 11) is 0. The molecule has 1 unspecified atom stereocenters. The van der Waals surface area contributed by atoms with E-state index in [1.54, 1.807) is 19.9 Å². The zero-order chi connectivity index (χ0) is 20.1. The first-order valence-electron chi connectivity index (χ1n) is 9.42. The maximum Gasteiger partial charge on any atom is 0.198 e. The van der Waals surface area contributed by atoms with Crippen molar-refractivity contribution in [2.45, 2.75) is 33.0 Å². The molecule has 1 aliphatic rings. The number of rotatable bonds is 2. The monoisotopic (exact) mass is 390 g/mol.